The highest BCUT2D eigenvalue weighted by Crippen LogP contribution is 2.29. The summed E-state index contributed by atoms with van der Waals surface area (Å²) in [6.45, 7) is 6.96. The highest BCUT2D eigenvalue weighted by molar-refractivity contribution is 6.42. The molecule has 3 rings (SSSR count). The van der Waals surface area contributed by atoms with E-state index in [0.29, 0.717) is 41.2 Å². The standard InChI is InChI=1S/C28H36Cl2N2O4/c1-4-35-25-14-11-20(17-26(25)36-5-2)12-15-27(33)32(18-21-10-13-23(29)24(30)16-21)19(3)28(34)31-22-8-6-7-9-22/h10-11,13-14,16-17,19,22H,4-9,12,15,18H2,1-3H3,(H,31,34). The van der Waals surface area contributed by atoms with Gasteiger partial charge >= 0.3 is 0 Å². The van der Waals surface area contributed by atoms with Crippen LogP contribution in [-0.2, 0) is 22.6 Å². The third kappa shape index (κ3) is 7.78. The number of benzene rings is 2. The van der Waals surface area contributed by atoms with Crippen molar-refractivity contribution in [2.45, 2.75) is 77.9 Å². The topological polar surface area (TPSA) is 67.9 Å². The zero-order valence-corrected chi connectivity index (χ0v) is 22.8. The lowest BCUT2D eigenvalue weighted by atomic mass is 10.1. The SMILES string of the molecule is CCOc1ccc(CCC(=O)N(Cc2ccc(Cl)c(Cl)c2)C(C)C(=O)NC2CCCC2)cc1OCC. The molecule has 1 aliphatic carbocycles. The van der Waals surface area contributed by atoms with Gasteiger partial charge < -0.3 is 19.7 Å². The summed E-state index contributed by atoms with van der Waals surface area (Å²) in [5.74, 6) is 1.12. The van der Waals surface area contributed by atoms with Gasteiger partial charge in [0.25, 0.3) is 0 Å². The molecule has 0 radical (unpaired) electrons. The first kappa shape index (κ1) is 28.1. The molecule has 6 nitrogen and oxygen atoms in total. The van der Waals surface area contributed by atoms with Crippen LogP contribution >= 0.6 is 23.2 Å². The number of aryl methyl sites for hydroxylation is 1. The molecule has 0 bridgehead atoms. The maximum Gasteiger partial charge on any atom is 0.242 e. The van der Waals surface area contributed by atoms with Crippen molar-refractivity contribution in [1.29, 1.82) is 0 Å². The van der Waals surface area contributed by atoms with E-state index in [-0.39, 0.29) is 30.8 Å². The molecule has 196 valence electrons. The minimum atomic E-state index is -0.619. The quantitative estimate of drug-likeness (QED) is 0.352. The van der Waals surface area contributed by atoms with Crippen LogP contribution in [0.2, 0.25) is 10.0 Å². The van der Waals surface area contributed by atoms with Crippen LogP contribution in [0.15, 0.2) is 36.4 Å². The van der Waals surface area contributed by atoms with Crippen LogP contribution in [0.25, 0.3) is 0 Å². The Bertz CT molecular complexity index is 1040. The Morgan fingerprint density at radius 1 is 0.972 bits per heavy atom. The van der Waals surface area contributed by atoms with E-state index in [2.05, 4.69) is 5.32 Å². The second kappa shape index (κ2) is 13.8. The van der Waals surface area contributed by atoms with Crippen molar-refractivity contribution in [3.05, 3.63) is 57.6 Å². The van der Waals surface area contributed by atoms with Crippen LogP contribution in [0.1, 0.15) is 64.0 Å². The predicted octanol–water partition coefficient (Wildman–Crippen LogP) is 6.20. The van der Waals surface area contributed by atoms with Gasteiger partial charge in [0.2, 0.25) is 11.8 Å². The number of carbonyl (C=O) groups is 2. The molecule has 0 saturated heterocycles. The molecule has 1 fully saturated rings. The molecule has 0 heterocycles. The van der Waals surface area contributed by atoms with E-state index in [9.17, 15) is 9.59 Å². The first-order valence-electron chi connectivity index (χ1n) is 12.7. The lowest BCUT2D eigenvalue weighted by molar-refractivity contribution is -0.140. The van der Waals surface area contributed by atoms with Gasteiger partial charge in [0.05, 0.1) is 23.3 Å². The Morgan fingerprint density at radius 3 is 2.31 bits per heavy atom. The van der Waals surface area contributed by atoms with Crippen LogP contribution in [0.4, 0.5) is 0 Å². The Kier molecular flexibility index (Phi) is 10.7. The van der Waals surface area contributed by atoms with E-state index in [4.69, 9.17) is 32.7 Å². The van der Waals surface area contributed by atoms with Gasteiger partial charge in [-0.15, -0.1) is 0 Å². The van der Waals surface area contributed by atoms with Gasteiger partial charge in [0.15, 0.2) is 11.5 Å². The summed E-state index contributed by atoms with van der Waals surface area (Å²) in [6, 6.07) is 10.6. The molecule has 1 N–H and O–H groups in total. The zero-order valence-electron chi connectivity index (χ0n) is 21.3. The van der Waals surface area contributed by atoms with Crippen LogP contribution in [-0.4, -0.2) is 42.0 Å². The average molecular weight is 536 g/mol. The van der Waals surface area contributed by atoms with Crippen molar-refractivity contribution in [3.8, 4) is 11.5 Å². The number of ether oxygens (including phenoxy) is 2. The number of rotatable bonds is 12. The molecule has 1 aliphatic rings. The molecule has 0 spiro atoms. The Hall–Kier alpha value is -2.44. The fourth-order valence-corrected chi connectivity index (χ4v) is 4.78. The van der Waals surface area contributed by atoms with Crippen LogP contribution < -0.4 is 14.8 Å². The van der Waals surface area contributed by atoms with E-state index in [1.807, 2.05) is 38.1 Å². The van der Waals surface area contributed by atoms with Crippen LogP contribution in [0, 0.1) is 0 Å². The zero-order chi connectivity index (χ0) is 26.1. The van der Waals surface area contributed by atoms with E-state index in [1.54, 1.807) is 24.0 Å². The second-order valence-corrected chi connectivity index (χ2v) is 9.90. The van der Waals surface area contributed by atoms with Gasteiger partial charge in [-0.3, -0.25) is 9.59 Å². The molecule has 0 aliphatic heterocycles. The third-order valence-electron chi connectivity index (χ3n) is 6.44. The van der Waals surface area contributed by atoms with Gasteiger partial charge in [-0.2, -0.15) is 0 Å². The molecule has 2 amide bonds. The fourth-order valence-electron chi connectivity index (χ4n) is 4.46. The van der Waals surface area contributed by atoms with Crippen LogP contribution in [0.3, 0.4) is 0 Å². The number of carbonyl (C=O) groups excluding carboxylic acids is 2. The molecule has 1 atom stereocenters. The monoisotopic (exact) mass is 534 g/mol. The van der Waals surface area contributed by atoms with E-state index in [1.165, 1.54) is 0 Å². The van der Waals surface area contributed by atoms with Crippen LogP contribution in [0.5, 0.6) is 11.5 Å². The summed E-state index contributed by atoms with van der Waals surface area (Å²) in [5.41, 5.74) is 1.78. The van der Waals surface area contributed by atoms with Gasteiger partial charge in [-0.25, -0.2) is 0 Å². The van der Waals surface area contributed by atoms with E-state index >= 15 is 0 Å². The van der Waals surface area contributed by atoms with Crippen molar-refractivity contribution >= 4 is 35.0 Å². The minimum Gasteiger partial charge on any atom is -0.490 e. The fraction of sp³-hybridized carbons (Fsp3) is 0.500. The maximum absolute atomic E-state index is 13.5. The molecule has 1 unspecified atom stereocenters. The van der Waals surface area contributed by atoms with Gasteiger partial charge in [-0.05, 0) is 75.4 Å². The molecular weight excluding hydrogens is 499 g/mol. The third-order valence-corrected chi connectivity index (χ3v) is 7.18. The number of nitrogens with one attached hydrogen (secondary N) is 1. The molecule has 1 saturated carbocycles. The number of hydrogen-bond acceptors (Lipinski definition) is 4. The van der Waals surface area contributed by atoms with Gasteiger partial charge in [0, 0.05) is 19.0 Å². The lowest BCUT2D eigenvalue weighted by Gasteiger charge is -2.30. The van der Waals surface area contributed by atoms with Gasteiger partial charge in [0.1, 0.15) is 6.04 Å². The summed E-state index contributed by atoms with van der Waals surface area (Å²) in [6.07, 6.45) is 4.98. The average Bonchev–Trinajstić information content (AvgIpc) is 3.37. The van der Waals surface area contributed by atoms with Crippen molar-refractivity contribution in [2.24, 2.45) is 0 Å². The number of amides is 2. The largest absolute Gasteiger partial charge is 0.490 e. The number of nitrogens with zero attached hydrogens (tertiary/aromatic N) is 1. The summed E-state index contributed by atoms with van der Waals surface area (Å²) in [5, 5.41) is 3.99. The molecule has 2 aromatic carbocycles. The summed E-state index contributed by atoms with van der Waals surface area (Å²) >= 11 is 12.3. The maximum atomic E-state index is 13.5. The first-order valence-corrected chi connectivity index (χ1v) is 13.5. The highest BCUT2D eigenvalue weighted by atomic mass is 35.5. The van der Waals surface area contributed by atoms with E-state index < -0.39 is 6.04 Å². The van der Waals surface area contributed by atoms with Crippen molar-refractivity contribution in [2.75, 3.05) is 13.2 Å². The molecule has 36 heavy (non-hydrogen) atoms. The number of hydrogen-bond donors (Lipinski definition) is 1. The van der Waals surface area contributed by atoms with Crippen molar-refractivity contribution in [1.82, 2.24) is 10.2 Å². The molecule has 0 aromatic heterocycles. The predicted molar refractivity (Wildman–Crippen MR) is 144 cm³/mol. The van der Waals surface area contributed by atoms with Gasteiger partial charge in [-0.1, -0.05) is 48.2 Å². The Balaban J connectivity index is 1.74. The van der Waals surface area contributed by atoms with E-state index in [0.717, 1.165) is 36.8 Å². The normalized spacial score (nSPS) is 14.4. The summed E-state index contributed by atoms with van der Waals surface area (Å²) in [4.78, 5) is 28.2. The Morgan fingerprint density at radius 2 is 1.64 bits per heavy atom. The Labute approximate surface area is 224 Å². The molecule has 8 heteroatoms. The first-order chi connectivity index (χ1) is 17.3. The van der Waals surface area contributed by atoms with Crippen molar-refractivity contribution < 1.29 is 19.1 Å². The second-order valence-electron chi connectivity index (χ2n) is 9.08. The molecule has 2 aromatic rings. The smallest absolute Gasteiger partial charge is 0.242 e. The molecular formula is C28H36Cl2N2O4. The minimum absolute atomic E-state index is 0.109. The summed E-state index contributed by atoms with van der Waals surface area (Å²) < 4.78 is 11.4. The van der Waals surface area contributed by atoms with Crippen molar-refractivity contribution in [3.63, 3.8) is 0 Å². The lowest BCUT2D eigenvalue weighted by Crippen LogP contribution is -2.49. The highest BCUT2D eigenvalue weighted by Gasteiger charge is 2.28. The summed E-state index contributed by atoms with van der Waals surface area (Å²) in [7, 11) is 0. The number of halogens is 2.